The Labute approximate surface area is 197 Å². The van der Waals surface area contributed by atoms with Gasteiger partial charge in [0.05, 0.1) is 32.0 Å². The highest BCUT2D eigenvalue weighted by Gasteiger charge is 2.40. The molecular weight excluding hydrogens is 440 g/mol. The van der Waals surface area contributed by atoms with E-state index >= 15 is 0 Å². The molecule has 0 atom stereocenters. The van der Waals surface area contributed by atoms with E-state index in [2.05, 4.69) is 5.32 Å². The van der Waals surface area contributed by atoms with Crippen LogP contribution in [0, 0.1) is 6.92 Å². The van der Waals surface area contributed by atoms with Crippen LogP contribution in [0.5, 0.6) is 11.5 Å². The summed E-state index contributed by atoms with van der Waals surface area (Å²) in [7, 11) is 3.05. The summed E-state index contributed by atoms with van der Waals surface area (Å²) in [6, 6.07) is 19.8. The summed E-state index contributed by atoms with van der Waals surface area (Å²) in [5.41, 5.74) is 3.31. The summed E-state index contributed by atoms with van der Waals surface area (Å²) in [6.07, 6.45) is 0. The van der Waals surface area contributed by atoms with E-state index < -0.39 is 11.8 Å². The number of anilines is 1. The molecule has 0 bridgehead atoms. The largest absolute Gasteiger partial charge is 0.496 e. The van der Waals surface area contributed by atoms with Gasteiger partial charge in [0.2, 0.25) is 0 Å². The van der Waals surface area contributed by atoms with Gasteiger partial charge >= 0.3 is 0 Å². The molecule has 4 rings (SSSR count). The first-order valence-corrected chi connectivity index (χ1v) is 10.7. The van der Waals surface area contributed by atoms with Crippen LogP contribution in [0.25, 0.3) is 5.57 Å². The minimum atomic E-state index is -0.441. The number of nitrogens with zero attached hydrogens (tertiary/aromatic N) is 1. The Morgan fingerprint density at radius 2 is 1.58 bits per heavy atom. The maximum absolute atomic E-state index is 13.6. The van der Waals surface area contributed by atoms with Gasteiger partial charge in [-0.25, -0.2) is 0 Å². The van der Waals surface area contributed by atoms with Crippen molar-refractivity contribution in [3.63, 3.8) is 0 Å². The second-order valence-electron chi connectivity index (χ2n) is 7.60. The van der Waals surface area contributed by atoms with Gasteiger partial charge in [0.1, 0.15) is 17.2 Å². The highest BCUT2D eigenvalue weighted by Crippen LogP contribution is 2.38. The standard InChI is InChI=1S/C26H23ClN2O4/c1-16-8-10-17(11-9-16)15-29-25(30)23(19-6-4-5-7-21(19)32-2)24(26(29)31)28-20-14-18(27)12-13-22(20)33-3/h4-14,28H,15H2,1-3H3. The van der Waals surface area contributed by atoms with Crippen LogP contribution in [-0.2, 0) is 16.1 Å². The van der Waals surface area contributed by atoms with Crippen molar-refractivity contribution in [2.45, 2.75) is 13.5 Å². The number of aryl methyl sites for hydroxylation is 1. The maximum Gasteiger partial charge on any atom is 0.278 e. The van der Waals surface area contributed by atoms with E-state index in [1.807, 2.05) is 31.2 Å². The van der Waals surface area contributed by atoms with Gasteiger partial charge in [0.25, 0.3) is 11.8 Å². The van der Waals surface area contributed by atoms with Gasteiger partial charge in [-0.05, 0) is 36.8 Å². The fraction of sp³-hybridized carbons (Fsp3) is 0.154. The smallest absolute Gasteiger partial charge is 0.278 e. The highest BCUT2D eigenvalue weighted by molar-refractivity contribution is 6.37. The second kappa shape index (κ2) is 9.38. The van der Waals surface area contributed by atoms with E-state index in [9.17, 15) is 9.59 Å². The molecule has 0 saturated heterocycles. The molecule has 1 N–H and O–H groups in total. The summed E-state index contributed by atoms with van der Waals surface area (Å²) < 4.78 is 10.9. The van der Waals surface area contributed by atoms with Crippen molar-refractivity contribution in [1.82, 2.24) is 4.90 Å². The molecule has 168 valence electrons. The number of carbonyl (C=O) groups is 2. The molecule has 33 heavy (non-hydrogen) atoms. The molecular formula is C26H23ClN2O4. The van der Waals surface area contributed by atoms with Crippen LogP contribution in [0.15, 0.2) is 72.4 Å². The molecule has 6 nitrogen and oxygen atoms in total. The van der Waals surface area contributed by atoms with Crippen LogP contribution >= 0.6 is 11.6 Å². The van der Waals surface area contributed by atoms with Crippen LogP contribution in [0.4, 0.5) is 5.69 Å². The number of carbonyl (C=O) groups excluding carboxylic acids is 2. The average Bonchev–Trinajstić information content (AvgIpc) is 3.04. The van der Waals surface area contributed by atoms with Gasteiger partial charge < -0.3 is 14.8 Å². The molecule has 0 saturated carbocycles. The van der Waals surface area contributed by atoms with Crippen molar-refractivity contribution in [3.8, 4) is 11.5 Å². The van der Waals surface area contributed by atoms with Crippen molar-refractivity contribution in [3.05, 3.63) is 94.1 Å². The molecule has 7 heteroatoms. The number of para-hydroxylation sites is 1. The fourth-order valence-corrected chi connectivity index (χ4v) is 3.90. The molecule has 0 aliphatic carbocycles. The molecule has 0 fully saturated rings. The number of benzene rings is 3. The van der Waals surface area contributed by atoms with Gasteiger partial charge in [-0.15, -0.1) is 0 Å². The Balaban J connectivity index is 1.81. The minimum absolute atomic E-state index is 0.136. The summed E-state index contributed by atoms with van der Waals surface area (Å²) >= 11 is 6.18. The molecule has 0 aromatic heterocycles. The molecule has 3 aromatic carbocycles. The van der Waals surface area contributed by atoms with Gasteiger partial charge in [-0.3, -0.25) is 14.5 Å². The topological polar surface area (TPSA) is 67.9 Å². The summed E-state index contributed by atoms with van der Waals surface area (Å²) in [5.74, 6) is 0.129. The zero-order valence-corrected chi connectivity index (χ0v) is 19.3. The van der Waals surface area contributed by atoms with Crippen molar-refractivity contribution in [2.75, 3.05) is 19.5 Å². The van der Waals surface area contributed by atoms with Crippen LogP contribution in [-0.4, -0.2) is 30.9 Å². The lowest BCUT2D eigenvalue weighted by molar-refractivity contribution is -0.137. The second-order valence-corrected chi connectivity index (χ2v) is 8.04. The first-order chi connectivity index (χ1) is 15.9. The van der Waals surface area contributed by atoms with Crippen LogP contribution in [0.2, 0.25) is 5.02 Å². The first-order valence-electron chi connectivity index (χ1n) is 10.3. The van der Waals surface area contributed by atoms with Gasteiger partial charge in [0, 0.05) is 10.6 Å². The number of amides is 2. The van der Waals surface area contributed by atoms with Crippen LogP contribution in [0.1, 0.15) is 16.7 Å². The van der Waals surface area contributed by atoms with E-state index in [0.717, 1.165) is 11.1 Å². The van der Waals surface area contributed by atoms with Crippen LogP contribution < -0.4 is 14.8 Å². The third-order valence-electron chi connectivity index (χ3n) is 5.43. The fourth-order valence-electron chi connectivity index (χ4n) is 3.73. The van der Waals surface area contributed by atoms with Crippen molar-refractivity contribution < 1.29 is 19.1 Å². The van der Waals surface area contributed by atoms with Gasteiger partial charge in [-0.1, -0.05) is 59.6 Å². The lowest BCUT2D eigenvalue weighted by Crippen LogP contribution is -2.32. The van der Waals surface area contributed by atoms with Crippen molar-refractivity contribution in [2.24, 2.45) is 0 Å². The molecule has 1 aliphatic heterocycles. The summed E-state index contributed by atoms with van der Waals surface area (Å²) in [5, 5.41) is 3.57. The predicted octanol–water partition coefficient (Wildman–Crippen LogP) is 5.06. The number of imide groups is 1. The van der Waals surface area contributed by atoms with E-state index in [0.29, 0.717) is 27.8 Å². The molecule has 0 radical (unpaired) electrons. The van der Waals surface area contributed by atoms with Crippen molar-refractivity contribution >= 4 is 34.7 Å². The average molecular weight is 463 g/mol. The minimum Gasteiger partial charge on any atom is -0.496 e. The number of hydrogen-bond donors (Lipinski definition) is 1. The number of nitrogens with one attached hydrogen (secondary N) is 1. The Morgan fingerprint density at radius 1 is 0.879 bits per heavy atom. The van der Waals surface area contributed by atoms with E-state index in [-0.39, 0.29) is 17.8 Å². The molecule has 0 spiro atoms. The monoisotopic (exact) mass is 462 g/mol. The molecule has 1 heterocycles. The molecule has 3 aromatic rings. The first kappa shape index (κ1) is 22.4. The van der Waals surface area contributed by atoms with Gasteiger partial charge in [0.15, 0.2) is 0 Å². The van der Waals surface area contributed by atoms with Gasteiger partial charge in [-0.2, -0.15) is 0 Å². The lowest BCUT2D eigenvalue weighted by Gasteiger charge is -2.16. The maximum atomic E-state index is 13.6. The quantitative estimate of drug-likeness (QED) is 0.497. The Bertz CT molecular complexity index is 1250. The number of rotatable bonds is 7. The lowest BCUT2D eigenvalue weighted by atomic mass is 10.0. The number of halogens is 1. The van der Waals surface area contributed by atoms with E-state index in [1.54, 1.807) is 42.5 Å². The number of hydrogen-bond acceptors (Lipinski definition) is 5. The summed E-state index contributed by atoms with van der Waals surface area (Å²) in [4.78, 5) is 28.3. The van der Waals surface area contributed by atoms with E-state index in [1.165, 1.54) is 19.1 Å². The normalized spacial score (nSPS) is 13.5. The number of ether oxygens (including phenoxy) is 2. The molecule has 2 amide bonds. The summed E-state index contributed by atoms with van der Waals surface area (Å²) in [6.45, 7) is 2.13. The zero-order valence-electron chi connectivity index (χ0n) is 18.5. The Morgan fingerprint density at radius 3 is 2.27 bits per heavy atom. The third-order valence-corrected chi connectivity index (χ3v) is 5.66. The molecule has 1 aliphatic rings. The highest BCUT2D eigenvalue weighted by atomic mass is 35.5. The SMILES string of the molecule is COc1ccc(Cl)cc1NC1=C(c2ccccc2OC)C(=O)N(Cc2ccc(C)cc2)C1=O. The predicted molar refractivity (Wildman–Crippen MR) is 128 cm³/mol. The van der Waals surface area contributed by atoms with Crippen molar-refractivity contribution in [1.29, 1.82) is 0 Å². The zero-order chi connectivity index (χ0) is 23.5. The van der Waals surface area contributed by atoms with Crippen LogP contribution in [0.3, 0.4) is 0 Å². The van der Waals surface area contributed by atoms with E-state index in [4.69, 9.17) is 21.1 Å². The molecule has 0 unspecified atom stereocenters. The Kier molecular flexibility index (Phi) is 6.38. The number of methoxy groups -OCH3 is 2. The Hall–Kier alpha value is -3.77. The third kappa shape index (κ3) is 4.43.